The maximum absolute atomic E-state index is 14.3. The summed E-state index contributed by atoms with van der Waals surface area (Å²) in [7, 11) is 0. The third-order valence-electron chi connectivity index (χ3n) is 6.17. The van der Waals surface area contributed by atoms with Crippen LogP contribution >= 0.6 is 12.4 Å². The van der Waals surface area contributed by atoms with Crippen LogP contribution in [0.3, 0.4) is 0 Å². The van der Waals surface area contributed by atoms with Crippen LogP contribution in [0.2, 0.25) is 0 Å². The second-order valence-electron chi connectivity index (χ2n) is 8.05. The fourth-order valence-electron chi connectivity index (χ4n) is 4.71. The number of nitrogens with zero attached hydrogens (tertiary/aromatic N) is 3. The minimum absolute atomic E-state index is 0. The highest BCUT2D eigenvalue weighted by atomic mass is 35.5. The van der Waals surface area contributed by atoms with E-state index in [2.05, 4.69) is 11.1 Å². The van der Waals surface area contributed by atoms with Crippen molar-refractivity contribution in [3.05, 3.63) is 126 Å². The number of para-hydroxylation sites is 2. The summed E-state index contributed by atoms with van der Waals surface area (Å²) in [4.78, 5) is 20.3. The molecule has 2 heterocycles. The van der Waals surface area contributed by atoms with Gasteiger partial charge in [0.1, 0.15) is 0 Å². The maximum atomic E-state index is 14.3. The van der Waals surface area contributed by atoms with Crippen molar-refractivity contribution < 1.29 is 4.79 Å². The first-order valence-electron chi connectivity index (χ1n) is 10.6. The molecular formula is C28H22ClN3O. The predicted octanol–water partition coefficient (Wildman–Crippen LogP) is 5.78. The van der Waals surface area contributed by atoms with Gasteiger partial charge in [0.15, 0.2) is 0 Å². The molecule has 0 bridgehead atoms. The molecule has 33 heavy (non-hydrogen) atoms. The second-order valence-corrected chi connectivity index (χ2v) is 8.05. The quantitative estimate of drug-likeness (QED) is 0.386. The predicted molar refractivity (Wildman–Crippen MR) is 132 cm³/mol. The first-order valence-corrected chi connectivity index (χ1v) is 10.6. The molecule has 0 aliphatic carbocycles. The zero-order chi connectivity index (χ0) is 22.0. The van der Waals surface area contributed by atoms with Crippen LogP contribution in [-0.2, 0) is 23.1 Å². The van der Waals surface area contributed by atoms with Crippen molar-refractivity contribution in [2.75, 3.05) is 4.90 Å². The van der Waals surface area contributed by atoms with E-state index in [0.29, 0.717) is 18.4 Å². The van der Waals surface area contributed by atoms with E-state index in [9.17, 15) is 10.1 Å². The van der Waals surface area contributed by atoms with Gasteiger partial charge in [-0.2, -0.15) is 5.26 Å². The number of anilines is 2. The Morgan fingerprint density at radius 2 is 1.48 bits per heavy atom. The van der Waals surface area contributed by atoms with E-state index in [1.165, 1.54) is 0 Å². The SMILES string of the molecule is Cl.N#Cc1ccccc1CC1(Cc2ccncc2)C(=O)N(c2ccccc2)c2ccccc21. The smallest absolute Gasteiger partial charge is 0.242 e. The fraction of sp³-hybridized carbons (Fsp3) is 0.107. The van der Waals surface area contributed by atoms with Crippen molar-refractivity contribution in [3.8, 4) is 6.07 Å². The van der Waals surface area contributed by atoms with Gasteiger partial charge in [-0.3, -0.25) is 14.7 Å². The minimum Gasteiger partial charge on any atom is -0.280 e. The summed E-state index contributed by atoms with van der Waals surface area (Å²) in [5.41, 5.74) is 4.40. The van der Waals surface area contributed by atoms with Gasteiger partial charge in [-0.05, 0) is 65.9 Å². The molecule has 0 N–H and O–H groups in total. The molecule has 1 aromatic heterocycles. The summed E-state index contributed by atoms with van der Waals surface area (Å²) in [6.45, 7) is 0. The van der Waals surface area contributed by atoms with Gasteiger partial charge in [-0.1, -0.05) is 54.6 Å². The number of hydrogen-bond acceptors (Lipinski definition) is 3. The van der Waals surface area contributed by atoms with E-state index in [4.69, 9.17) is 0 Å². The van der Waals surface area contributed by atoms with E-state index in [0.717, 1.165) is 28.1 Å². The van der Waals surface area contributed by atoms with Crippen LogP contribution in [0.1, 0.15) is 22.3 Å². The van der Waals surface area contributed by atoms with E-state index in [-0.39, 0.29) is 18.3 Å². The molecular weight excluding hydrogens is 430 g/mol. The molecule has 4 aromatic rings. The van der Waals surface area contributed by atoms with E-state index in [1.54, 1.807) is 12.4 Å². The van der Waals surface area contributed by atoms with Crippen LogP contribution < -0.4 is 4.90 Å². The number of aromatic nitrogens is 1. The second kappa shape index (κ2) is 9.28. The zero-order valence-electron chi connectivity index (χ0n) is 17.9. The largest absolute Gasteiger partial charge is 0.280 e. The molecule has 1 aliphatic heterocycles. The van der Waals surface area contributed by atoms with Gasteiger partial charge in [0, 0.05) is 18.1 Å². The van der Waals surface area contributed by atoms with E-state index in [1.807, 2.05) is 95.9 Å². The molecule has 1 atom stereocenters. The number of carbonyl (C=O) groups excluding carboxylic acids is 1. The summed E-state index contributed by atoms with van der Waals surface area (Å²) in [5.74, 6) is 0.0226. The highest BCUT2D eigenvalue weighted by Gasteiger charge is 2.51. The normalized spacial score (nSPS) is 16.6. The third kappa shape index (κ3) is 3.88. The Hall–Kier alpha value is -3.94. The molecule has 1 aliphatic rings. The minimum atomic E-state index is -0.833. The molecule has 5 rings (SSSR count). The van der Waals surface area contributed by atoms with E-state index >= 15 is 0 Å². The summed E-state index contributed by atoms with van der Waals surface area (Å²) < 4.78 is 0. The van der Waals surface area contributed by atoms with E-state index < -0.39 is 5.41 Å². The number of nitriles is 1. The topological polar surface area (TPSA) is 57.0 Å². The lowest BCUT2D eigenvalue weighted by Gasteiger charge is -2.30. The van der Waals surface area contributed by atoms with Crippen molar-refractivity contribution >= 4 is 29.7 Å². The van der Waals surface area contributed by atoms with Gasteiger partial charge in [0.2, 0.25) is 5.91 Å². The molecule has 0 saturated heterocycles. The number of hydrogen-bond donors (Lipinski definition) is 0. The third-order valence-corrected chi connectivity index (χ3v) is 6.17. The van der Waals surface area contributed by atoms with Crippen molar-refractivity contribution in [3.63, 3.8) is 0 Å². The molecule has 1 amide bonds. The van der Waals surface area contributed by atoms with Crippen LogP contribution in [0, 0.1) is 11.3 Å². The Bertz CT molecular complexity index is 1320. The number of amides is 1. The van der Waals surface area contributed by atoms with Crippen LogP contribution in [0.4, 0.5) is 11.4 Å². The first-order chi connectivity index (χ1) is 15.7. The van der Waals surface area contributed by atoms with Gasteiger partial charge in [0.05, 0.1) is 22.7 Å². The lowest BCUT2D eigenvalue weighted by atomic mass is 9.71. The van der Waals surface area contributed by atoms with Crippen molar-refractivity contribution in [1.29, 1.82) is 5.26 Å². The van der Waals surface area contributed by atoms with Gasteiger partial charge in [0.25, 0.3) is 0 Å². The first kappa shape index (κ1) is 22.3. The summed E-state index contributed by atoms with van der Waals surface area (Å²) >= 11 is 0. The summed E-state index contributed by atoms with van der Waals surface area (Å²) in [6.07, 6.45) is 4.48. The van der Waals surface area contributed by atoms with Gasteiger partial charge < -0.3 is 0 Å². The van der Waals surface area contributed by atoms with Crippen LogP contribution in [0.25, 0.3) is 0 Å². The Morgan fingerprint density at radius 3 is 2.24 bits per heavy atom. The number of pyridine rings is 1. The van der Waals surface area contributed by atoms with Crippen molar-refractivity contribution in [2.24, 2.45) is 0 Å². The van der Waals surface area contributed by atoms with Gasteiger partial charge in [-0.25, -0.2) is 0 Å². The molecule has 3 aromatic carbocycles. The summed E-state index contributed by atoms with van der Waals surface area (Å²) in [5, 5.41) is 9.70. The average molecular weight is 452 g/mol. The number of fused-ring (bicyclic) bond motifs is 1. The Morgan fingerprint density at radius 1 is 0.818 bits per heavy atom. The number of benzene rings is 3. The molecule has 162 valence electrons. The van der Waals surface area contributed by atoms with Gasteiger partial charge in [-0.15, -0.1) is 12.4 Å². The molecule has 1 unspecified atom stereocenters. The molecule has 0 radical (unpaired) electrons. The monoisotopic (exact) mass is 451 g/mol. The molecule has 0 fully saturated rings. The lowest BCUT2D eigenvalue weighted by molar-refractivity contribution is -0.122. The molecule has 5 heteroatoms. The lowest BCUT2D eigenvalue weighted by Crippen LogP contribution is -2.42. The molecule has 4 nitrogen and oxygen atoms in total. The molecule has 0 saturated carbocycles. The Balaban J connectivity index is 0.00000259. The zero-order valence-corrected chi connectivity index (χ0v) is 18.7. The van der Waals surface area contributed by atoms with Crippen LogP contribution in [0.5, 0.6) is 0 Å². The fourth-order valence-corrected chi connectivity index (χ4v) is 4.71. The Labute approximate surface area is 199 Å². The standard InChI is InChI=1S/C28H21N3O.ClH/c29-20-23-9-5-4-8-22(23)19-28(18-21-14-16-30-17-15-21)25-12-6-7-13-26(25)31(27(28)32)24-10-2-1-3-11-24;/h1-17H,18-19H2;1H. The van der Waals surface area contributed by atoms with Crippen LogP contribution in [-0.4, -0.2) is 10.9 Å². The molecule has 0 spiro atoms. The highest BCUT2D eigenvalue weighted by Crippen LogP contribution is 2.49. The number of carbonyl (C=O) groups is 1. The van der Waals surface area contributed by atoms with Crippen LogP contribution in [0.15, 0.2) is 103 Å². The number of halogens is 1. The number of rotatable bonds is 5. The maximum Gasteiger partial charge on any atom is 0.242 e. The Kier molecular flexibility index (Phi) is 6.26. The summed E-state index contributed by atoms with van der Waals surface area (Å²) in [6, 6.07) is 31.5. The van der Waals surface area contributed by atoms with Crippen molar-refractivity contribution in [1.82, 2.24) is 4.98 Å². The highest BCUT2D eigenvalue weighted by molar-refractivity contribution is 6.13. The van der Waals surface area contributed by atoms with Crippen molar-refractivity contribution in [2.45, 2.75) is 18.3 Å². The average Bonchev–Trinajstić information content (AvgIpc) is 3.08. The van der Waals surface area contributed by atoms with Gasteiger partial charge >= 0.3 is 0 Å².